The first-order valence-electron chi connectivity index (χ1n) is 6.04. The molecule has 1 aromatic rings. The molecule has 8 heteroatoms. The van der Waals surface area contributed by atoms with Gasteiger partial charge in [-0.05, 0) is 20.8 Å². The van der Waals surface area contributed by atoms with Crippen molar-refractivity contribution in [2.75, 3.05) is 18.8 Å². The Balaban J connectivity index is 2.82. The molecular weight excluding hydrogens is 268 g/mol. The molecular formula is C11H18N4O3S. The van der Waals surface area contributed by atoms with E-state index in [-0.39, 0.29) is 11.7 Å². The lowest BCUT2D eigenvalue weighted by Gasteiger charge is -2.23. The Morgan fingerprint density at radius 3 is 2.63 bits per heavy atom. The number of thioether (sulfide) groups is 1. The molecule has 0 saturated carbocycles. The molecule has 1 heterocycles. The molecule has 0 aliphatic carbocycles. The molecule has 1 rings (SSSR count). The molecule has 0 bridgehead atoms. The molecule has 106 valence electrons. The molecule has 0 aliphatic rings. The molecule has 1 N–H and O–H groups in total. The molecule has 0 aromatic carbocycles. The second-order valence-corrected chi connectivity index (χ2v) is 4.83. The van der Waals surface area contributed by atoms with Gasteiger partial charge in [0.2, 0.25) is 5.91 Å². The van der Waals surface area contributed by atoms with Crippen LogP contribution in [0.5, 0.6) is 0 Å². The molecule has 1 unspecified atom stereocenters. The monoisotopic (exact) mass is 286 g/mol. The standard InChI is InChI=1S/C11H18N4O3S/c1-4-14(5-2)10(18)8(3)15-7-12-13-11(15)19-6-9(16)17/h7-8H,4-6H2,1-3H3,(H,16,17). The predicted octanol–water partition coefficient (Wildman–Crippen LogP) is 0.884. The fourth-order valence-corrected chi connectivity index (χ4v) is 2.36. The zero-order valence-electron chi connectivity index (χ0n) is 11.2. The minimum atomic E-state index is -0.928. The summed E-state index contributed by atoms with van der Waals surface area (Å²) in [6, 6.07) is -0.439. The van der Waals surface area contributed by atoms with E-state index < -0.39 is 12.0 Å². The fraction of sp³-hybridized carbons (Fsp3) is 0.636. The van der Waals surface area contributed by atoms with Crippen molar-refractivity contribution in [3.05, 3.63) is 6.33 Å². The van der Waals surface area contributed by atoms with Gasteiger partial charge in [0.15, 0.2) is 5.16 Å². The Bertz CT molecular complexity index is 445. The minimum absolute atomic E-state index is 0.0259. The number of rotatable bonds is 7. The van der Waals surface area contributed by atoms with Gasteiger partial charge in [-0.3, -0.25) is 14.2 Å². The summed E-state index contributed by atoms with van der Waals surface area (Å²) in [5.41, 5.74) is 0. The molecule has 1 aromatic heterocycles. The Morgan fingerprint density at radius 1 is 1.47 bits per heavy atom. The molecule has 1 amide bonds. The zero-order valence-corrected chi connectivity index (χ0v) is 12.1. The van der Waals surface area contributed by atoms with E-state index in [4.69, 9.17) is 5.11 Å². The SMILES string of the molecule is CCN(CC)C(=O)C(C)n1cnnc1SCC(=O)O. The quantitative estimate of drug-likeness (QED) is 0.749. The number of carboxylic acid groups (broad SMARTS) is 1. The number of carboxylic acids is 1. The molecule has 0 fully saturated rings. The first-order valence-corrected chi connectivity index (χ1v) is 7.02. The summed E-state index contributed by atoms with van der Waals surface area (Å²) in [7, 11) is 0. The van der Waals surface area contributed by atoms with Crippen LogP contribution in [0.15, 0.2) is 11.5 Å². The second kappa shape index (κ2) is 7.13. The van der Waals surface area contributed by atoms with Crippen LogP contribution in [0.3, 0.4) is 0 Å². The number of carbonyl (C=O) groups is 2. The third-order valence-electron chi connectivity index (χ3n) is 2.71. The van der Waals surface area contributed by atoms with E-state index in [1.54, 1.807) is 16.4 Å². The van der Waals surface area contributed by atoms with Gasteiger partial charge in [0.1, 0.15) is 12.4 Å². The molecule has 0 aliphatic heterocycles. The highest BCUT2D eigenvalue weighted by Crippen LogP contribution is 2.20. The lowest BCUT2D eigenvalue weighted by molar-refractivity contribution is -0.134. The third-order valence-corrected chi connectivity index (χ3v) is 3.66. The first-order chi connectivity index (χ1) is 9.01. The van der Waals surface area contributed by atoms with Gasteiger partial charge in [-0.2, -0.15) is 0 Å². The normalized spacial score (nSPS) is 12.2. The van der Waals surface area contributed by atoms with Crippen LogP contribution in [0, 0.1) is 0 Å². The molecule has 1 atom stereocenters. The smallest absolute Gasteiger partial charge is 0.313 e. The van der Waals surface area contributed by atoms with E-state index in [9.17, 15) is 9.59 Å². The number of hydrogen-bond donors (Lipinski definition) is 1. The third kappa shape index (κ3) is 3.95. The average molecular weight is 286 g/mol. The van der Waals surface area contributed by atoms with Crippen LogP contribution in [-0.2, 0) is 9.59 Å². The summed E-state index contributed by atoms with van der Waals surface area (Å²) in [4.78, 5) is 24.5. The van der Waals surface area contributed by atoms with E-state index in [0.29, 0.717) is 18.2 Å². The van der Waals surface area contributed by atoms with Gasteiger partial charge in [-0.15, -0.1) is 10.2 Å². The first kappa shape index (κ1) is 15.5. The van der Waals surface area contributed by atoms with Crippen molar-refractivity contribution < 1.29 is 14.7 Å². The summed E-state index contributed by atoms with van der Waals surface area (Å²) in [5.74, 6) is -1.06. The van der Waals surface area contributed by atoms with Gasteiger partial charge in [-0.25, -0.2) is 0 Å². The zero-order chi connectivity index (χ0) is 14.4. The summed E-state index contributed by atoms with van der Waals surface area (Å²) in [6.45, 7) is 6.87. The van der Waals surface area contributed by atoms with E-state index >= 15 is 0 Å². The van der Waals surface area contributed by atoms with Crippen molar-refractivity contribution in [3.63, 3.8) is 0 Å². The van der Waals surface area contributed by atoms with Crippen LogP contribution in [0.1, 0.15) is 26.8 Å². The van der Waals surface area contributed by atoms with Crippen molar-refractivity contribution in [2.45, 2.75) is 32.0 Å². The van der Waals surface area contributed by atoms with Crippen molar-refractivity contribution in [3.8, 4) is 0 Å². The van der Waals surface area contributed by atoms with Gasteiger partial charge < -0.3 is 10.0 Å². The van der Waals surface area contributed by atoms with Crippen LogP contribution in [0.25, 0.3) is 0 Å². The van der Waals surface area contributed by atoms with Gasteiger partial charge in [-0.1, -0.05) is 11.8 Å². The Labute approximate surface area is 116 Å². The highest BCUT2D eigenvalue weighted by Gasteiger charge is 2.22. The maximum absolute atomic E-state index is 12.2. The van der Waals surface area contributed by atoms with Crippen LogP contribution in [0.4, 0.5) is 0 Å². The lowest BCUT2D eigenvalue weighted by Crippen LogP contribution is -2.36. The van der Waals surface area contributed by atoms with Crippen LogP contribution in [-0.4, -0.2) is 55.5 Å². The molecule has 0 saturated heterocycles. The van der Waals surface area contributed by atoms with Crippen molar-refractivity contribution >= 4 is 23.6 Å². The predicted molar refractivity (Wildman–Crippen MR) is 71.0 cm³/mol. The number of amides is 1. The van der Waals surface area contributed by atoms with Crippen LogP contribution >= 0.6 is 11.8 Å². The van der Waals surface area contributed by atoms with Crippen molar-refractivity contribution in [2.24, 2.45) is 0 Å². The number of likely N-dealkylation sites (N-methyl/N-ethyl adjacent to an activating group) is 1. The summed E-state index contributed by atoms with van der Waals surface area (Å²) in [6.07, 6.45) is 1.45. The van der Waals surface area contributed by atoms with Crippen LogP contribution < -0.4 is 0 Å². The Kier molecular flexibility index (Phi) is 5.81. The maximum Gasteiger partial charge on any atom is 0.313 e. The topological polar surface area (TPSA) is 88.3 Å². The maximum atomic E-state index is 12.2. The number of hydrogen-bond acceptors (Lipinski definition) is 5. The largest absolute Gasteiger partial charge is 0.481 e. The fourth-order valence-electron chi connectivity index (χ4n) is 1.65. The Morgan fingerprint density at radius 2 is 2.11 bits per heavy atom. The minimum Gasteiger partial charge on any atom is -0.481 e. The average Bonchev–Trinajstić information content (AvgIpc) is 2.85. The number of aliphatic carboxylic acids is 1. The number of aromatic nitrogens is 3. The van der Waals surface area contributed by atoms with Crippen molar-refractivity contribution in [1.82, 2.24) is 19.7 Å². The lowest BCUT2D eigenvalue weighted by atomic mass is 10.3. The van der Waals surface area contributed by atoms with E-state index in [0.717, 1.165) is 11.8 Å². The molecule has 0 radical (unpaired) electrons. The summed E-state index contributed by atoms with van der Waals surface area (Å²) in [5, 5.41) is 16.7. The summed E-state index contributed by atoms with van der Waals surface area (Å²) >= 11 is 1.05. The molecule has 0 spiro atoms. The van der Waals surface area contributed by atoms with E-state index in [1.165, 1.54) is 6.33 Å². The number of carbonyl (C=O) groups excluding carboxylic acids is 1. The summed E-state index contributed by atoms with van der Waals surface area (Å²) < 4.78 is 1.61. The number of nitrogens with zero attached hydrogens (tertiary/aromatic N) is 4. The van der Waals surface area contributed by atoms with E-state index in [2.05, 4.69) is 10.2 Å². The highest BCUT2D eigenvalue weighted by molar-refractivity contribution is 7.99. The Hall–Kier alpha value is -1.57. The van der Waals surface area contributed by atoms with E-state index in [1.807, 2.05) is 13.8 Å². The van der Waals surface area contributed by atoms with Gasteiger partial charge >= 0.3 is 5.97 Å². The second-order valence-electron chi connectivity index (χ2n) is 3.89. The van der Waals surface area contributed by atoms with Gasteiger partial charge in [0, 0.05) is 13.1 Å². The van der Waals surface area contributed by atoms with Gasteiger partial charge in [0.05, 0.1) is 5.75 Å². The molecule has 7 nitrogen and oxygen atoms in total. The van der Waals surface area contributed by atoms with Crippen molar-refractivity contribution in [1.29, 1.82) is 0 Å². The molecule has 19 heavy (non-hydrogen) atoms. The van der Waals surface area contributed by atoms with Crippen LogP contribution in [0.2, 0.25) is 0 Å². The van der Waals surface area contributed by atoms with Gasteiger partial charge in [0.25, 0.3) is 0 Å². The highest BCUT2D eigenvalue weighted by atomic mass is 32.2.